The van der Waals surface area contributed by atoms with E-state index in [1.807, 2.05) is 0 Å². The maximum absolute atomic E-state index is 12.2. The van der Waals surface area contributed by atoms with Crippen LogP contribution in [0, 0.1) is 34.5 Å². The van der Waals surface area contributed by atoms with Gasteiger partial charge in [-0.05, 0) is 92.4 Å². The van der Waals surface area contributed by atoms with Crippen LogP contribution in [0.5, 0.6) is 0 Å². The van der Waals surface area contributed by atoms with Gasteiger partial charge in [-0.25, -0.2) is 4.79 Å². The van der Waals surface area contributed by atoms with E-state index >= 15 is 0 Å². The Balaban J connectivity index is 1.40. The molecule has 5 nitrogen and oxygen atoms in total. The number of carbonyl (C=O) groups is 2. The predicted molar refractivity (Wildman–Crippen MR) is 113 cm³/mol. The van der Waals surface area contributed by atoms with Crippen LogP contribution in [0.2, 0.25) is 0 Å². The summed E-state index contributed by atoms with van der Waals surface area (Å²) in [5.41, 5.74) is 0.561. The summed E-state index contributed by atoms with van der Waals surface area (Å²) in [6, 6.07) is 0.316. The Morgan fingerprint density at radius 2 is 1.90 bits per heavy atom. The molecule has 0 aromatic rings. The number of cyclic esters (lactones) is 1. The number of ether oxygens (including phenoxy) is 1. The molecule has 0 bridgehead atoms. The standard InChI is InChI=1S/C25H37NO4/c1-15(27)26-18-6-9-23(2)17(13-18)4-5-21-20(23)7-10-24(3)19(8-11-25(21,24)29)16-12-22(28)30-14-16/h12,17-21,29H,4-11,13-14H2,1-3H3,(H,26,27)/t17-,18+,19-,20+,21-,23+,24-,25+/m1/s1. The lowest BCUT2D eigenvalue weighted by Gasteiger charge is -2.63. The maximum atomic E-state index is 12.2. The van der Waals surface area contributed by atoms with Gasteiger partial charge in [0.2, 0.25) is 5.91 Å². The molecule has 2 N–H and O–H groups in total. The minimum Gasteiger partial charge on any atom is -0.458 e. The fourth-order valence-corrected chi connectivity index (χ4v) is 8.83. The van der Waals surface area contributed by atoms with Gasteiger partial charge in [-0.2, -0.15) is 0 Å². The van der Waals surface area contributed by atoms with Gasteiger partial charge in [-0.3, -0.25) is 4.79 Å². The molecule has 1 amide bonds. The molecule has 4 aliphatic carbocycles. The van der Waals surface area contributed by atoms with Gasteiger partial charge in [0.15, 0.2) is 0 Å². The first-order valence-electron chi connectivity index (χ1n) is 12.0. The molecule has 0 aromatic heterocycles. The minimum atomic E-state index is -0.643. The average molecular weight is 416 g/mol. The zero-order valence-corrected chi connectivity index (χ0v) is 18.7. The fraction of sp³-hybridized carbons (Fsp3) is 0.840. The maximum Gasteiger partial charge on any atom is 0.331 e. The van der Waals surface area contributed by atoms with Crippen molar-refractivity contribution in [3.05, 3.63) is 11.6 Å². The molecule has 5 aliphatic rings. The summed E-state index contributed by atoms with van der Waals surface area (Å²) in [4.78, 5) is 23.3. The summed E-state index contributed by atoms with van der Waals surface area (Å²) < 4.78 is 5.22. The number of carbonyl (C=O) groups excluding carboxylic acids is 2. The van der Waals surface area contributed by atoms with Crippen molar-refractivity contribution in [2.45, 2.75) is 90.2 Å². The highest BCUT2D eigenvalue weighted by molar-refractivity contribution is 5.85. The third-order valence-corrected chi connectivity index (χ3v) is 10.4. The Kier molecular flexibility index (Phi) is 4.67. The van der Waals surface area contributed by atoms with Crippen LogP contribution in [-0.4, -0.2) is 35.2 Å². The molecule has 0 spiro atoms. The molecule has 30 heavy (non-hydrogen) atoms. The van der Waals surface area contributed by atoms with E-state index in [-0.39, 0.29) is 28.6 Å². The van der Waals surface area contributed by atoms with E-state index in [1.165, 1.54) is 6.42 Å². The van der Waals surface area contributed by atoms with Gasteiger partial charge in [-0.1, -0.05) is 13.8 Å². The zero-order valence-electron chi connectivity index (χ0n) is 18.7. The van der Waals surface area contributed by atoms with Crippen molar-refractivity contribution in [2.24, 2.45) is 34.5 Å². The smallest absolute Gasteiger partial charge is 0.331 e. The summed E-state index contributed by atoms with van der Waals surface area (Å²) in [5.74, 6) is 1.66. The third kappa shape index (κ3) is 2.76. The molecule has 1 aliphatic heterocycles. The fourth-order valence-electron chi connectivity index (χ4n) is 8.83. The second-order valence-electron chi connectivity index (χ2n) is 11.5. The molecule has 4 fully saturated rings. The van der Waals surface area contributed by atoms with Crippen LogP contribution in [-0.2, 0) is 14.3 Å². The number of hydrogen-bond acceptors (Lipinski definition) is 4. The number of fused-ring (bicyclic) bond motifs is 5. The van der Waals surface area contributed by atoms with Gasteiger partial charge in [-0.15, -0.1) is 0 Å². The first-order chi connectivity index (χ1) is 14.2. The first-order valence-corrected chi connectivity index (χ1v) is 12.0. The minimum absolute atomic E-state index is 0.0840. The van der Waals surface area contributed by atoms with Gasteiger partial charge in [0, 0.05) is 24.5 Å². The highest BCUT2D eigenvalue weighted by Gasteiger charge is 2.67. The van der Waals surface area contributed by atoms with Crippen molar-refractivity contribution in [1.29, 1.82) is 0 Å². The Hall–Kier alpha value is -1.36. The summed E-state index contributed by atoms with van der Waals surface area (Å²) in [5, 5.41) is 15.4. The predicted octanol–water partition coefficient (Wildman–Crippen LogP) is 3.75. The molecule has 166 valence electrons. The molecule has 5 rings (SSSR count). The van der Waals surface area contributed by atoms with E-state index in [1.54, 1.807) is 13.0 Å². The molecule has 5 heteroatoms. The molecule has 0 saturated heterocycles. The van der Waals surface area contributed by atoms with Crippen LogP contribution in [0.1, 0.15) is 78.6 Å². The Labute approximate surface area is 180 Å². The summed E-state index contributed by atoms with van der Waals surface area (Å²) in [7, 11) is 0. The highest BCUT2D eigenvalue weighted by Crippen LogP contribution is 2.69. The zero-order chi connectivity index (χ0) is 21.3. The van der Waals surface area contributed by atoms with E-state index in [4.69, 9.17) is 4.74 Å². The van der Waals surface area contributed by atoms with Crippen molar-refractivity contribution < 1.29 is 19.4 Å². The largest absolute Gasteiger partial charge is 0.458 e. The lowest BCUT2D eigenvalue weighted by atomic mass is 9.43. The molecule has 4 saturated carbocycles. The van der Waals surface area contributed by atoms with Crippen molar-refractivity contribution in [3.63, 3.8) is 0 Å². The van der Waals surface area contributed by atoms with Crippen LogP contribution in [0.3, 0.4) is 0 Å². The second kappa shape index (κ2) is 6.82. The van der Waals surface area contributed by atoms with Crippen LogP contribution < -0.4 is 5.32 Å². The Morgan fingerprint density at radius 3 is 2.60 bits per heavy atom. The van der Waals surface area contributed by atoms with Crippen molar-refractivity contribution >= 4 is 11.9 Å². The number of aliphatic hydroxyl groups is 1. The van der Waals surface area contributed by atoms with Gasteiger partial charge in [0.1, 0.15) is 6.61 Å². The van der Waals surface area contributed by atoms with Crippen LogP contribution in [0.4, 0.5) is 0 Å². The summed E-state index contributed by atoms with van der Waals surface area (Å²) >= 11 is 0. The molecule has 0 aromatic carbocycles. The average Bonchev–Trinajstić information content (AvgIpc) is 3.22. The highest BCUT2D eigenvalue weighted by atomic mass is 16.5. The number of amides is 1. The van der Waals surface area contributed by atoms with Crippen molar-refractivity contribution in [3.8, 4) is 0 Å². The lowest BCUT2D eigenvalue weighted by Crippen LogP contribution is -2.62. The molecule has 8 atom stereocenters. The van der Waals surface area contributed by atoms with Crippen LogP contribution in [0.15, 0.2) is 11.6 Å². The SMILES string of the molecule is CC(=O)N[C@H]1CC[C@@]2(C)[C@H](CC[C@@H]3[C@@H]2CC[C@]2(C)[C@@H](C4=CC(=O)OC4)CC[C@]32O)C1. The van der Waals surface area contributed by atoms with E-state index in [0.717, 1.165) is 56.9 Å². The van der Waals surface area contributed by atoms with Gasteiger partial charge < -0.3 is 15.2 Å². The van der Waals surface area contributed by atoms with E-state index in [9.17, 15) is 14.7 Å². The first kappa shape index (κ1) is 20.5. The molecular formula is C25H37NO4. The monoisotopic (exact) mass is 415 g/mol. The van der Waals surface area contributed by atoms with E-state index in [2.05, 4.69) is 19.2 Å². The van der Waals surface area contributed by atoms with Crippen molar-refractivity contribution in [1.82, 2.24) is 5.32 Å². The number of nitrogens with one attached hydrogen (secondary N) is 1. The van der Waals surface area contributed by atoms with Crippen molar-refractivity contribution in [2.75, 3.05) is 6.61 Å². The number of rotatable bonds is 2. The molecule has 0 unspecified atom stereocenters. The van der Waals surface area contributed by atoms with E-state index in [0.29, 0.717) is 30.4 Å². The van der Waals surface area contributed by atoms with Crippen LogP contribution >= 0.6 is 0 Å². The number of hydrogen-bond donors (Lipinski definition) is 2. The van der Waals surface area contributed by atoms with E-state index < -0.39 is 5.60 Å². The van der Waals surface area contributed by atoms with Gasteiger partial charge >= 0.3 is 5.97 Å². The molecule has 1 heterocycles. The Bertz CT molecular complexity index is 792. The van der Waals surface area contributed by atoms with Gasteiger partial charge in [0.05, 0.1) is 5.60 Å². The normalized spacial score (nSPS) is 50.1. The summed E-state index contributed by atoms with van der Waals surface area (Å²) in [6.45, 7) is 6.79. The molecule has 0 radical (unpaired) electrons. The lowest BCUT2D eigenvalue weighted by molar-refractivity contribution is -0.205. The topological polar surface area (TPSA) is 75.6 Å². The quantitative estimate of drug-likeness (QED) is 0.674. The number of esters is 1. The summed E-state index contributed by atoms with van der Waals surface area (Å²) in [6.07, 6.45) is 11.2. The second-order valence-corrected chi connectivity index (χ2v) is 11.5. The van der Waals surface area contributed by atoms with Gasteiger partial charge in [0.25, 0.3) is 0 Å². The van der Waals surface area contributed by atoms with Crippen LogP contribution in [0.25, 0.3) is 0 Å². The Morgan fingerprint density at radius 1 is 1.10 bits per heavy atom. The third-order valence-electron chi connectivity index (χ3n) is 10.4. The molecular weight excluding hydrogens is 378 g/mol.